The van der Waals surface area contributed by atoms with E-state index in [2.05, 4.69) is 15.1 Å². The Balaban J connectivity index is 2.28. The van der Waals surface area contributed by atoms with Gasteiger partial charge in [0.2, 0.25) is 15.3 Å². The Kier molecular flexibility index (Phi) is 4.07. The van der Waals surface area contributed by atoms with Crippen molar-refractivity contribution >= 4 is 21.6 Å². The number of hydrogen-bond donors (Lipinski definition) is 0. The molecule has 0 aromatic carbocycles. The number of halogens is 1. The van der Waals surface area contributed by atoms with Crippen LogP contribution in [0.3, 0.4) is 0 Å². The minimum Gasteiger partial charge on any atom is -0.361 e. The lowest BCUT2D eigenvalue weighted by atomic mass is 10.2. The van der Waals surface area contributed by atoms with Crippen molar-refractivity contribution < 1.29 is 12.9 Å². The Bertz CT molecular complexity index is 692. The van der Waals surface area contributed by atoms with Crippen LogP contribution in [0.15, 0.2) is 21.8 Å². The Morgan fingerprint density at radius 2 is 1.90 bits per heavy atom. The number of hydrogen-bond acceptors (Lipinski definition) is 6. The van der Waals surface area contributed by atoms with Crippen LogP contribution in [0.4, 0.5) is 0 Å². The van der Waals surface area contributed by atoms with Crippen molar-refractivity contribution in [2.75, 3.05) is 7.05 Å². The molecule has 2 aromatic heterocycles. The first-order chi connectivity index (χ1) is 9.32. The lowest BCUT2D eigenvalue weighted by molar-refractivity contribution is 0.390. The zero-order chi connectivity index (χ0) is 14.9. The van der Waals surface area contributed by atoms with E-state index >= 15 is 0 Å². The topological polar surface area (TPSA) is 89.2 Å². The molecule has 0 radical (unpaired) electrons. The van der Waals surface area contributed by atoms with Crippen LogP contribution < -0.4 is 0 Å². The molecule has 0 saturated heterocycles. The minimum atomic E-state index is -3.69. The lowest BCUT2D eigenvalue weighted by Gasteiger charge is -2.16. The first-order valence-corrected chi connectivity index (χ1v) is 7.50. The van der Waals surface area contributed by atoms with Gasteiger partial charge in [-0.05, 0) is 25.4 Å². The van der Waals surface area contributed by atoms with Gasteiger partial charge in [-0.2, -0.15) is 4.31 Å². The fourth-order valence-corrected chi connectivity index (χ4v) is 2.78. The summed E-state index contributed by atoms with van der Waals surface area (Å²) >= 11 is 5.55. The molecule has 0 atom stereocenters. The second kappa shape index (κ2) is 5.47. The number of aryl methyl sites for hydroxylation is 2. The molecule has 0 unspecified atom stereocenters. The smallest absolute Gasteiger partial charge is 0.246 e. The highest BCUT2D eigenvalue weighted by Crippen LogP contribution is 2.19. The van der Waals surface area contributed by atoms with Gasteiger partial charge in [0.05, 0.1) is 18.1 Å². The number of aromatic nitrogens is 3. The molecule has 2 aromatic rings. The van der Waals surface area contributed by atoms with Crippen molar-refractivity contribution in [1.29, 1.82) is 0 Å². The lowest BCUT2D eigenvalue weighted by Crippen LogP contribution is -2.27. The van der Waals surface area contributed by atoms with Crippen molar-refractivity contribution in [2.24, 2.45) is 0 Å². The van der Waals surface area contributed by atoms with Gasteiger partial charge in [0, 0.05) is 19.2 Å². The molecule has 20 heavy (non-hydrogen) atoms. The maximum atomic E-state index is 12.3. The summed E-state index contributed by atoms with van der Waals surface area (Å²) < 4.78 is 30.9. The van der Waals surface area contributed by atoms with Gasteiger partial charge in [0.1, 0.15) is 10.7 Å². The van der Waals surface area contributed by atoms with E-state index in [-0.39, 0.29) is 16.7 Å². The maximum absolute atomic E-state index is 12.3. The van der Waals surface area contributed by atoms with E-state index in [0.717, 1.165) is 5.56 Å². The summed E-state index contributed by atoms with van der Waals surface area (Å²) in [6.07, 6.45) is 2.35. The van der Waals surface area contributed by atoms with Crippen LogP contribution in [-0.2, 0) is 16.6 Å². The highest BCUT2D eigenvalue weighted by atomic mass is 35.5. The van der Waals surface area contributed by atoms with Crippen LogP contribution in [-0.4, -0.2) is 34.9 Å². The molecule has 0 spiro atoms. The second-order valence-corrected chi connectivity index (χ2v) is 6.63. The Morgan fingerprint density at radius 3 is 2.40 bits per heavy atom. The fraction of sp³-hybridized carbons (Fsp3) is 0.364. The summed E-state index contributed by atoms with van der Waals surface area (Å²) in [5.41, 5.74) is 1.41. The average molecular weight is 317 g/mol. The van der Waals surface area contributed by atoms with Crippen LogP contribution in [0.25, 0.3) is 0 Å². The van der Waals surface area contributed by atoms with E-state index in [4.69, 9.17) is 16.1 Å². The van der Waals surface area contributed by atoms with Crippen LogP contribution in [0, 0.1) is 13.8 Å². The standard InChI is InChI=1S/C11H13ClN4O3S/c1-7-10(8(2)19-15-7)6-16(3)20(17,18)9-4-13-11(12)14-5-9/h4-5H,6H2,1-3H3. The molecule has 2 rings (SSSR count). The van der Waals surface area contributed by atoms with Crippen LogP contribution in [0.5, 0.6) is 0 Å². The summed E-state index contributed by atoms with van der Waals surface area (Å²) in [7, 11) is -2.22. The van der Waals surface area contributed by atoms with Gasteiger partial charge in [-0.3, -0.25) is 0 Å². The van der Waals surface area contributed by atoms with E-state index in [9.17, 15) is 8.42 Å². The molecule has 2 heterocycles. The normalized spacial score (nSPS) is 12.1. The van der Waals surface area contributed by atoms with Crippen LogP contribution >= 0.6 is 11.6 Å². The summed E-state index contributed by atoms with van der Waals surface area (Å²) in [6.45, 7) is 3.66. The molecule has 0 aliphatic heterocycles. The van der Waals surface area contributed by atoms with Crippen molar-refractivity contribution in [3.63, 3.8) is 0 Å². The summed E-state index contributed by atoms with van der Waals surface area (Å²) in [5, 5.41) is 3.79. The minimum absolute atomic E-state index is 0.00248. The molecule has 0 saturated carbocycles. The van der Waals surface area contributed by atoms with Crippen LogP contribution in [0.2, 0.25) is 5.28 Å². The Morgan fingerprint density at radius 1 is 1.30 bits per heavy atom. The molecule has 0 N–H and O–H groups in total. The number of nitrogens with zero attached hydrogens (tertiary/aromatic N) is 4. The Hall–Kier alpha value is -1.51. The third-order valence-corrected chi connectivity index (χ3v) is 4.82. The molecular formula is C11H13ClN4O3S. The van der Waals surface area contributed by atoms with E-state index in [1.54, 1.807) is 13.8 Å². The zero-order valence-corrected chi connectivity index (χ0v) is 12.7. The average Bonchev–Trinajstić information content (AvgIpc) is 2.71. The van der Waals surface area contributed by atoms with Crippen molar-refractivity contribution in [1.82, 2.24) is 19.4 Å². The molecular weight excluding hydrogens is 304 g/mol. The third-order valence-electron chi connectivity index (χ3n) is 2.87. The first kappa shape index (κ1) is 14.9. The SMILES string of the molecule is Cc1noc(C)c1CN(C)S(=O)(=O)c1cnc(Cl)nc1. The Labute approximate surface area is 121 Å². The van der Waals surface area contributed by atoms with E-state index in [0.29, 0.717) is 11.5 Å². The maximum Gasteiger partial charge on any atom is 0.246 e. The molecule has 7 nitrogen and oxygen atoms in total. The zero-order valence-electron chi connectivity index (χ0n) is 11.2. The van der Waals surface area contributed by atoms with Gasteiger partial charge in [0.25, 0.3) is 0 Å². The molecule has 0 aliphatic carbocycles. The fourth-order valence-electron chi connectivity index (χ4n) is 1.65. The van der Waals surface area contributed by atoms with E-state index in [1.807, 2.05) is 0 Å². The van der Waals surface area contributed by atoms with Crippen molar-refractivity contribution in [3.8, 4) is 0 Å². The first-order valence-electron chi connectivity index (χ1n) is 5.68. The number of rotatable bonds is 4. The summed E-state index contributed by atoms with van der Waals surface area (Å²) in [5.74, 6) is 0.594. The van der Waals surface area contributed by atoms with Gasteiger partial charge in [0.15, 0.2) is 0 Å². The van der Waals surface area contributed by atoms with Gasteiger partial charge >= 0.3 is 0 Å². The predicted octanol–water partition coefficient (Wildman–Crippen LogP) is 1.56. The second-order valence-electron chi connectivity index (χ2n) is 4.25. The molecule has 0 aliphatic rings. The molecule has 9 heteroatoms. The van der Waals surface area contributed by atoms with E-state index < -0.39 is 10.0 Å². The van der Waals surface area contributed by atoms with Gasteiger partial charge < -0.3 is 4.52 Å². The van der Waals surface area contributed by atoms with Gasteiger partial charge in [-0.1, -0.05) is 5.16 Å². The van der Waals surface area contributed by atoms with E-state index in [1.165, 1.54) is 23.7 Å². The molecule has 108 valence electrons. The van der Waals surface area contributed by atoms with Crippen LogP contribution in [0.1, 0.15) is 17.0 Å². The third kappa shape index (κ3) is 2.82. The van der Waals surface area contributed by atoms with Crippen molar-refractivity contribution in [2.45, 2.75) is 25.3 Å². The summed E-state index contributed by atoms with van der Waals surface area (Å²) in [6, 6.07) is 0. The van der Waals surface area contributed by atoms with Gasteiger partial charge in [-0.25, -0.2) is 18.4 Å². The molecule has 0 fully saturated rings. The highest BCUT2D eigenvalue weighted by molar-refractivity contribution is 7.89. The van der Waals surface area contributed by atoms with Crippen molar-refractivity contribution in [3.05, 3.63) is 34.7 Å². The quantitative estimate of drug-likeness (QED) is 0.795. The number of sulfonamides is 1. The highest BCUT2D eigenvalue weighted by Gasteiger charge is 2.24. The predicted molar refractivity (Wildman–Crippen MR) is 71.7 cm³/mol. The monoisotopic (exact) mass is 316 g/mol. The molecule has 0 amide bonds. The van der Waals surface area contributed by atoms with Gasteiger partial charge in [-0.15, -0.1) is 0 Å². The largest absolute Gasteiger partial charge is 0.361 e. The molecule has 0 bridgehead atoms. The summed E-state index contributed by atoms with van der Waals surface area (Å²) in [4.78, 5) is 7.34.